The van der Waals surface area contributed by atoms with Gasteiger partial charge in [0.05, 0.1) is 17.7 Å². The van der Waals surface area contributed by atoms with Gasteiger partial charge in [0.15, 0.2) is 0 Å². The van der Waals surface area contributed by atoms with Crippen molar-refractivity contribution in [3.05, 3.63) is 124 Å². The zero-order valence-electron chi connectivity index (χ0n) is 25.6. The minimum absolute atomic E-state index is 0.0452. The molecule has 0 radical (unpaired) electrons. The van der Waals surface area contributed by atoms with Gasteiger partial charge in [-0.25, -0.2) is 8.42 Å². The first kappa shape index (κ1) is 33.7. The molecule has 1 atom stereocenters. The van der Waals surface area contributed by atoms with E-state index in [2.05, 4.69) is 21.2 Å². The van der Waals surface area contributed by atoms with Gasteiger partial charge in [0.1, 0.15) is 18.3 Å². The van der Waals surface area contributed by atoms with E-state index in [1.807, 2.05) is 68.4 Å². The van der Waals surface area contributed by atoms with Crippen molar-refractivity contribution in [2.24, 2.45) is 0 Å². The lowest BCUT2D eigenvalue weighted by atomic mass is 10.0. The third-order valence-corrected chi connectivity index (χ3v) is 9.57. The quantitative estimate of drug-likeness (QED) is 0.172. The van der Waals surface area contributed by atoms with Crippen molar-refractivity contribution in [2.75, 3.05) is 24.5 Å². The van der Waals surface area contributed by atoms with Crippen LogP contribution in [0.4, 0.5) is 5.69 Å². The smallest absolute Gasteiger partial charge is 0.264 e. The number of ether oxygens (including phenoxy) is 1. The van der Waals surface area contributed by atoms with Crippen molar-refractivity contribution < 1.29 is 22.7 Å². The zero-order valence-corrected chi connectivity index (χ0v) is 28.1. The van der Waals surface area contributed by atoms with Crippen LogP contribution in [0.25, 0.3) is 0 Å². The van der Waals surface area contributed by atoms with Crippen LogP contribution in [0.1, 0.15) is 30.0 Å². The van der Waals surface area contributed by atoms with Gasteiger partial charge in [0, 0.05) is 30.0 Å². The molecule has 0 aromatic heterocycles. The maximum Gasteiger partial charge on any atom is 0.264 e. The lowest BCUT2D eigenvalue weighted by Gasteiger charge is -2.34. The number of halogens is 1. The molecular formula is C35H38BrN3O5S. The van der Waals surface area contributed by atoms with Crippen molar-refractivity contribution in [3.8, 4) is 5.75 Å². The van der Waals surface area contributed by atoms with E-state index in [4.69, 9.17) is 4.74 Å². The maximum atomic E-state index is 14.5. The van der Waals surface area contributed by atoms with E-state index in [-0.39, 0.29) is 29.5 Å². The Morgan fingerprint density at radius 1 is 0.889 bits per heavy atom. The number of aryl methyl sites for hydroxylation is 1. The Labute approximate surface area is 274 Å². The molecule has 0 aliphatic rings. The van der Waals surface area contributed by atoms with Gasteiger partial charge in [-0.2, -0.15) is 0 Å². The molecule has 0 aliphatic heterocycles. The molecule has 0 spiro atoms. The fourth-order valence-corrected chi connectivity index (χ4v) is 6.74. The van der Waals surface area contributed by atoms with E-state index in [1.165, 1.54) is 24.1 Å². The summed E-state index contributed by atoms with van der Waals surface area (Å²) in [6.07, 6.45) is 0.974. The normalized spacial score (nSPS) is 11.8. The highest BCUT2D eigenvalue weighted by Crippen LogP contribution is 2.28. The van der Waals surface area contributed by atoms with Crippen molar-refractivity contribution >= 4 is 43.5 Å². The summed E-state index contributed by atoms with van der Waals surface area (Å²) in [4.78, 5) is 29.8. The Balaban J connectivity index is 1.81. The molecule has 4 aromatic carbocycles. The zero-order chi connectivity index (χ0) is 32.4. The lowest BCUT2D eigenvalue weighted by molar-refractivity contribution is -0.140. The van der Waals surface area contributed by atoms with Crippen LogP contribution in [-0.4, -0.2) is 51.4 Å². The first-order chi connectivity index (χ1) is 21.6. The number of nitrogens with one attached hydrogen (secondary N) is 1. The Bertz CT molecular complexity index is 1700. The van der Waals surface area contributed by atoms with Gasteiger partial charge in [-0.15, -0.1) is 0 Å². The van der Waals surface area contributed by atoms with Gasteiger partial charge in [-0.05, 0) is 60.9 Å². The molecule has 4 aromatic rings. The van der Waals surface area contributed by atoms with E-state index in [1.54, 1.807) is 36.4 Å². The van der Waals surface area contributed by atoms with E-state index in [0.29, 0.717) is 12.3 Å². The lowest BCUT2D eigenvalue weighted by Crippen LogP contribution is -2.53. The van der Waals surface area contributed by atoms with Crippen LogP contribution in [0.15, 0.2) is 112 Å². The molecule has 0 saturated heterocycles. The SMILES string of the molecule is CCCNC(=O)[C@@H](Cc1ccccc1)N(Cc1cccc(Br)c1)C(=O)CN(c1cccc(OC)c1)S(=O)(=O)c1ccc(C)cc1. The van der Waals surface area contributed by atoms with Crippen LogP contribution < -0.4 is 14.4 Å². The number of hydrogen-bond acceptors (Lipinski definition) is 5. The third kappa shape index (κ3) is 8.95. The summed E-state index contributed by atoms with van der Waals surface area (Å²) >= 11 is 3.50. The number of sulfonamides is 1. The molecule has 4 rings (SSSR count). The molecule has 0 unspecified atom stereocenters. The minimum Gasteiger partial charge on any atom is -0.497 e. The highest BCUT2D eigenvalue weighted by Gasteiger charge is 2.34. The molecule has 8 nitrogen and oxygen atoms in total. The van der Waals surface area contributed by atoms with Crippen LogP contribution in [0.2, 0.25) is 0 Å². The molecule has 236 valence electrons. The third-order valence-electron chi connectivity index (χ3n) is 7.29. The maximum absolute atomic E-state index is 14.5. The summed E-state index contributed by atoms with van der Waals surface area (Å²) in [6, 6.07) is 29.1. The largest absolute Gasteiger partial charge is 0.497 e. The van der Waals surface area contributed by atoms with Gasteiger partial charge in [-0.3, -0.25) is 13.9 Å². The van der Waals surface area contributed by atoms with Gasteiger partial charge < -0.3 is 15.0 Å². The Hall–Kier alpha value is -4.15. The number of nitrogens with zero attached hydrogens (tertiary/aromatic N) is 2. The van der Waals surface area contributed by atoms with Gasteiger partial charge in [-0.1, -0.05) is 89.1 Å². The second-order valence-electron chi connectivity index (χ2n) is 10.7. The Kier molecular flexibility index (Phi) is 11.8. The first-order valence-corrected chi connectivity index (χ1v) is 16.9. The molecule has 1 N–H and O–H groups in total. The second kappa shape index (κ2) is 15.7. The van der Waals surface area contributed by atoms with Crippen molar-refractivity contribution in [1.29, 1.82) is 0 Å². The minimum atomic E-state index is -4.20. The van der Waals surface area contributed by atoms with Crippen LogP contribution in [0.5, 0.6) is 5.75 Å². The summed E-state index contributed by atoms with van der Waals surface area (Å²) in [7, 11) is -2.71. The van der Waals surface area contributed by atoms with E-state index in [0.717, 1.165) is 31.9 Å². The molecule has 0 bridgehead atoms. The molecule has 0 fully saturated rings. The molecule has 2 amide bonds. The topological polar surface area (TPSA) is 96.0 Å². The number of rotatable bonds is 14. The first-order valence-electron chi connectivity index (χ1n) is 14.7. The van der Waals surface area contributed by atoms with E-state index in [9.17, 15) is 18.0 Å². The van der Waals surface area contributed by atoms with E-state index >= 15 is 0 Å². The van der Waals surface area contributed by atoms with Crippen molar-refractivity contribution in [2.45, 2.75) is 44.2 Å². The van der Waals surface area contributed by atoms with Crippen molar-refractivity contribution in [3.63, 3.8) is 0 Å². The average molecular weight is 693 g/mol. The molecule has 0 saturated carbocycles. The van der Waals surface area contributed by atoms with Crippen LogP contribution in [0.3, 0.4) is 0 Å². The number of hydrogen-bond donors (Lipinski definition) is 1. The van der Waals surface area contributed by atoms with Gasteiger partial charge in [0.25, 0.3) is 10.0 Å². The van der Waals surface area contributed by atoms with Gasteiger partial charge >= 0.3 is 0 Å². The highest BCUT2D eigenvalue weighted by atomic mass is 79.9. The van der Waals surface area contributed by atoms with Crippen LogP contribution in [-0.2, 0) is 32.6 Å². The predicted molar refractivity (Wildman–Crippen MR) is 181 cm³/mol. The van der Waals surface area contributed by atoms with E-state index < -0.39 is 28.5 Å². The highest BCUT2D eigenvalue weighted by molar-refractivity contribution is 9.10. The number of benzene rings is 4. The summed E-state index contributed by atoms with van der Waals surface area (Å²) in [5, 5.41) is 2.96. The van der Waals surface area contributed by atoms with Gasteiger partial charge in [0.2, 0.25) is 11.8 Å². The molecule has 0 aliphatic carbocycles. The van der Waals surface area contributed by atoms with Crippen molar-refractivity contribution in [1.82, 2.24) is 10.2 Å². The molecule has 45 heavy (non-hydrogen) atoms. The van der Waals surface area contributed by atoms with Crippen LogP contribution in [0, 0.1) is 6.92 Å². The second-order valence-corrected chi connectivity index (χ2v) is 13.5. The monoisotopic (exact) mass is 691 g/mol. The number of anilines is 1. The number of amides is 2. The Morgan fingerprint density at radius 2 is 1.58 bits per heavy atom. The summed E-state index contributed by atoms with van der Waals surface area (Å²) in [5.41, 5.74) is 2.83. The fraction of sp³-hybridized carbons (Fsp3) is 0.257. The summed E-state index contributed by atoms with van der Waals surface area (Å²) in [5.74, 6) is -0.393. The standard InChI is InChI=1S/C35H38BrN3O5S/c1-4-20-37-35(41)33(22-27-10-6-5-7-11-27)38(24-28-12-8-13-29(36)21-28)34(40)25-39(30-14-9-15-31(23-30)44-3)45(42,43)32-18-16-26(2)17-19-32/h5-19,21,23,33H,4,20,22,24-25H2,1-3H3,(H,37,41)/t33-/m1/s1. The molecule has 0 heterocycles. The fourth-order valence-electron chi connectivity index (χ4n) is 4.88. The predicted octanol–water partition coefficient (Wildman–Crippen LogP) is 6.13. The summed E-state index contributed by atoms with van der Waals surface area (Å²) < 4.78 is 35.6. The number of carbonyl (C=O) groups is 2. The Morgan fingerprint density at radius 3 is 2.24 bits per heavy atom. The number of carbonyl (C=O) groups excluding carboxylic acids is 2. The summed E-state index contributed by atoms with van der Waals surface area (Å²) in [6.45, 7) is 3.82. The molecule has 10 heteroatoms. The average Bonchev–Trinajstić information content (AvgIpc) is 3.04. The van der Waals surface area contributed by atoms with Crippen LogP contribution >= 0.6 is 15.9 Å². The number of methoxy groups -OCH3 is 1. The molecular weight excluding hydrogens is 654 g/mol.